The molecule has 3 nitrogen and oxygen atoms in total. The van der Waals surface area contributed by atoms with Crippen molar-refractivity contribution in [3.05, 3.63) is 12.2 Å². The zero-order chi connectivity index (χ0) is 12.3. The summed E-state index contributed by atoms with van der Waals surface area (Å²) in [5.74, 6) is -0.00152. The maximum Gasteiger partial charge on any atom is 0.308 e. The van der Waals surface area contributed by atoms with Gasteiger partial charge in [0.05, 0.1) is 19.1 Å². The number of carbonyl (C=O) groups is 1. The van der Waals surface area contributed by atoms with E-state index >= 15 is 0 Å². The van der Waals surface area contributed by atoms with Gasteiger partial charge >= 0.3 is 5.97 Å². The highest BCUT2D eigenvalue weighted by molar-refractivity contribution is 5.72. The molecule has 0 heterocycles. The van der Waals surface area contributed by atoms with Crippen LogP contribution in [0, 0.1) is 17.8 Å². The minimum absolute atomic E-state index is 0.0397. The highest BCUT2D eigenvalue weighted by Gasteiger charge is 2.34. The summed E-state index contributed by atoms with van der Waals surface area (Å²) in [4.78, 5) is 11.5. The van der Waals surface area contributed by atoms with Gasteiger partial charge in [-0.15, -0.1) is 0 Å². The van der Waals surface area contributed by atoms with Gasteiger partial charge in [-0.3, -0.25) is 4.79 Å². The average molecular weight is 226 g/mol. The smallest absolute Gasteiger partial charge is 0.308 e. The minimum Gasteiger partial charge on any atom is -0.469 e. The summed E-state index contributed by atoms with van der Waals surface area (Å²) in [6.45, 7) is 7.98. The predicted molar refractivity (Wildman–Crippen MR) is 62.8 cm³/mol. The number of carbonyl (C=O) groups excluding carboxylic acids is 1. The standard InChI is InChI=1S/C13H22O3/c1-8(2)12(14)11-7-10(13(15)16-4)6-5-9(11)3/h8,10-12,14H,3,5-7H2,1-2,4H3/t10-,11-,12-/m1/s1. The summed E-state index contributed by atoms with van der Waals surface area (Å²) in [7, 11) is 1.42. The van der Waals surface area contributed by atoms with Crippen LogP contribution in [-0.2, 0) is 9.53 Å². The van der Waals surface area contributed by atoms with Crippen molar-refractivity contribution in [3.8, 4) is 0 Å². The van der Waals surface area contributed by atoms with Gasteiger partial charge < -0.3 is 9.84 Å². The van der Waals surface area contributed by atoms with Gasteiger partial charge in [-0.1, -0.05) is 26.0 Å². The van der Waals surface area contributed by atoms with Crippen LogP contribution in [-0.4, -0.2) is 24.3 Å². The fourth-order valence-corrected chi connectivity index (χ4v) is 2.36. The van der Waals surface area contributed by atoms with Gasteiger partial charge in [0.1, 0.15) is 0 Å². The molecule has 0 aromatic carbocycles. The lowest BCUT2D eigenvalue weighted by atomic mass is 9.73. The minimum atomic E-state index is -0.403. The maximum atomic E-state index is 11.5. The van der Waals surface area contributed by atoms with Gasteiger partial charge in [0.25, 0.3) is 0 Å². The van der Waals surface area contributed by atoms with Crippen LogP contribution in [0.2, 0.25) is 0 Å². The molecule has 0 aromatic heterocycles. The monoisotopic (exact) mass is 226 g/mol. The third-order valence-corrected chi connectivity index (χ3v) is 3.51. The van der Waals surface area contributed by atoms with Gasteiger partial charge in [0.15, 0.2) is 0 Å². The van der Waals surface area contributed by atoms with Crippen LogP contribution < -0.4 is 0 Å². The Morgan fingerprint density at radius 2 is 2.19 bits per heavy atom. The zero-order valence-electron chi connectivity index (χ0n) is 10.4. The van der Waals surface area contributed by atoms with E-state index in [1.807, 2.05) is 13.8 Å². The number of esters is 1. The molecule has 0 amide bonds. The molecule has 16 heavy (non-hydrogen) atoms. The summed E-state index contributed by atoms with van der Waals surface area (Å²) in [6, 6.07) is 0. The molecule has 3 heteroatoms. The van der Waals surface area contributed by atoms with E-state index in [9.17, 15) is 9.90 Å². The van der Waals surface area contributed by atoms with Crippen LogP contribution in [0.15, 0.2) is 12.2 Å². The largest absolute Gasteiger partial charge is 0.469 e. The maximum absolute atomic E-state index is 11.5. The molecule has 3 atom stereocenters. The molecule has 1 N–H and O–H groups in total. The van der Waals surface area contributed by atoms with E-state index in [2.05, 4.69) is 6.58 Å². The molecule has 0 spiro atoms. The quantitative estimate of drug-likeness (QED) is 0.592. The van der Waals surface area contributed by atoms with Gasteiger partial charge in [0, 0.05) is 5.92 Å². The Labute approximate surface area is 97.5 Å². The molecule has 1 aliphatic rings. The van der Waals surface area contributed by atoms with Crippen molar-refractivity contribution >= 4 is 5.97 Å². The number of hydrogen-bond acceptors (Lipinski definition) is 3. The molecule has 0 aliphatic heterocycles. The van der Waals surface area contributed by atoms with Gasteiger partial charge in [-0.25, -0.2) is 0 Å². The lowest BCUT2D eigenvalue weighted by molar-refractivity contribution is -0.147. The molecule has 92 valence electrons. The van der Waals surface area contributed by atoms with Crippen molar-refractivity contribution in [2.24, 2.45) is 17.8 Å². The van der Waals surface area contributed by atoms with Crippen LogP contribution in [0.25, 0.3) is 0 Å². The molecular weight excluding hydrogens is 204 g/mol. The molecule has 1 fully saturated rings. The Hall–Kier alpha value is -0.830. The third-order valence-electron chi connectivity index (χ3n) is 3.51. The van der Waals surface area contributed by atoms with E-state index in [-0.39, 0.29) is 23.7 Å². The molecule has 1 rings (SSSR count). The first-order chi connectivity index (χ1) is 7.47. The summed E-state index contributed by atoms with van der Waals surface area (Å²) < 4.78 is 4.76. The second-order valence-corrected chi connectivity index (χ2v) is 4.99. The van der Waals surface area contributed by atoms with E-state index in [4.69, 9.17) is 4.74 Å². The molecule has 0 saturated heterocycles. The second-order valence-electron chi connectivity index (χ2n) is 4.99. The number of rotatable bonds is 3. The number of aliphatic hydroxyl groups is 1. The van der Waals surface area contributed by atoms with Crippen molar-refractivity contribution < 1.29 is 14.6 Å². The summed E-state index contributed by atoms with van der Waals surface area (Å²) >= 11 is 0. The first-order valence-electron chi connectivity index (χ1n) is 5.91. The molecule has 0 unspecified atom stereocenters. The molecule has 0 radical (unpaired) electrons. The summed E-state index contributed by atoms with van der Waals surface area (Å²) in [6.07, 6.45) is 1.88. The fourth-order valence-electron chi connectivity index (χ4n) is 2.36. The Morgan fingerprint density at radius 3 is 2.69 bits per heavy atom. The SMILES string of the molecule is C=C1CC[C@@H](C(=O)OC)C[C@H]1[C@H](O)C(C)C. The van der Waals surface area contributed by atoms with E-state index in [1.165, 1.54) is 7.11 Å². The topological polar surface area (TPSA) is 46.5 Å². The van der Waals surface area contributed by atoms with Gasteiger partial charge in [-0.2, -0.15) is 0 Å². The number of aliphatic hydroxyl groups excluding tert-OH is 1. The molecule has 0 bridgehead atoms. The molecular formula is C13H22O3. The van der Waals surface area contributed by atoms with Gasteiger partial charge in [-0.05, 0) is 25.2 Å². The summed E-state index contributed by atoms with van der Waals surface area (Å²) in [5.41, 5.74) is 1.07. The van der Waals surface area contributed by atoms with Crippen molar-refractivity contribution in [2.45, 2.75) is 39.2 Å². The van der Waals surface area contributed by atoms with E-state index in [0.717, 1.165) is 18.4 Å². The van der Waals surface area contributed by atoms with Crippen molar-refractivity contribution in [3.63, 3.8) is 0 Å². The Kier molecular flexibility index (Phi) is 4.54. The lowest BCUT2D eigenvalue weighted by Crippen LogP contribution is -2.34. The van der Waals surface area contributed by atoms with Crippen LogP contribution in [0.5, 0.6) is 0 Å². The van der Waals surface area contributed by atoms with Gasteiger partial charge in [0.2, 0.25) is 0 Å². The molecule has 0 aromatic rings. The highest BCUT2D eigenvalue weighted by Crippen LogP contribution is 2.36. The molecule has 1 saturated carbocycles. The normalized spacial score (nSPS) is 27.9. The van der Waals surface area contributed by atoms with E-state index in [1.54, 1.807) is 0 Å². The van der Waals surface area contributed by atoms with Crippen LogP contribution in [0.3, 0.4) is 0 Å². The van der Waals surface area contributed by atoms with Crippen LogP contribution >= 0.6 is 0 Å². The Balaban J connectivity index is 2.69. The second kappa shape index (κ2) is 5.48. The predicted octanol–water partition coefficient (Wildman–Crippen LogP) is 2.15. The summed E-state index contributed by atoms with van der Waals surface area (Å²) in [5, 5.41) is 10.1. The Morgan fingerprint density at radius 1 is 1.56 bits per heavy atom. The highest BCUT2D eigenvalue weighted by atomic mass is 16.5. The first kappa shape index (κ1) is 13.2. The first-order valence-corrected chi connectivity index (χ1v) is 5.91. The molecule has 1 aliphatic carbocycles. The number of methoxy groups -OCH3 is 1. The average Bonchev–Trinajstić information content (AvgIpc) is 2.27. The van der Waals surface area contributed by atoms with Crippen molar-refractivity contribution in [2.75, 3.05) is 7.11 Å². The number of hydrogen-bond donors (Lipinski definition) is 1. The lowest BCUT2D eigenvalue weighted by Gasteiger charge is -2.34. The van der Waals surface area contributed by atoms with Crippen LogP contribution in [0.4, 0.5) is 0 Å². The van der Waals surface area contributed by atoms with Crippen molar-refractivity contribution in [1.29, 1.82) is 0 Å². The Bertz CT molecular complexity index is 270. The number of ether oxygens (including phenoxy) is 1. The van der Waals surface area contributed by atoms with E-state index in [0.29, 0.717) is 6.42 Å². The fraction of sp³-hybridized carbons (Fsp3) is 0.769. The zero-order valence-corrected chi connectivity index (χ0v) is 10.4. The van der Waals surface area contributed by atoms with E-state index < -0.39 is 6.10 Å². The third kappa shape index (κ3) is 2.85. The van der Waals surface area contributed by atoms with Crippen molar-refractivity contribution in [1.82, 2.24) is 0 Å². The van der Waals surface area contributed by atoms with Crippen LogP contribution in [0.1, 0.15) is 33.1 Å².